The molecule has 0 amide bonds. The maximum absolute atomic E-state index is 11.6. The lowest BCUT2D eigenvalue weighted by Gasteiger charge is -2.22. The molecule has 17 heavy (non-hydrogen) atoms. The Morgan fingerprint density at radius 2 is 2.18 bits per heavy atom. The number of rotatable bonds is 3. The van der Waals surface area contributed by atoms with Gasteiger partial charge < -0.3 is 4.74 Å². The molecule has 0 N–H and O–H groups in total. The maximum Gasteiger partial charge on any atom is 0.340 e. The lowest BCUT2D eigenvalue weighted by molar-refractivity contribution is -0.211. The Hall–Kier alpha value is -1.39. The van der Waals surface area contributed by atoms with Gasteiger partial charge in [-0.3, -0.25) is 4.84 Å². The van der Waals surface area contributed by atoms with E-state index >= 15 is 0 Å². The molecule has 0 radical (unpaired) electrons. The van der Waals surface area contributed by atoms with Crippen molar-refractivity contribution in [2.75, 3.05) is 13.7 Å². The Kier molecular flexibility index (Phi) is 3.45. The Labute approximate surface area is 101 Å². The Bertz CT molecular complexity index is 393. The van der Waals surface area contributed by atoms with Crippen molar-refractivity contribution in [3.63, 3.8) is 0 Å². The molecule has 1 aromatic rings. The Morgan fingerprint density at radius 1 is 1.47 bits per heavy atom. The zero-order chi connectivity index (χ0) is 12.3. The van der Waals surface area contributed by atoms with E-state index in [9.17, 15) is 4.79 Å². The van der Waals surface area contributed by atoms with Gasteiger partial charge in [-0.05, 0) is 12.5 Å². The highest BCUT2D eigenvalue weighted by Crippen LogP contribution is 2.27. The Balaban J connectivity index is 1.97. The number of carbonyl (C=O) groups is 1. The first-order valence-corrected chi connectivity index (χ1v) is 5.70. The summed E-state index contributed by atoms with van der Waals surface area (Å²) < 4.78 is 4.75. The van der Waals surface area contributed by atoms with Crippen LogP contribution in [0, 0.1) is 0 Å². The number of hydrogen-bond acceptors (Lipinski definition) is 4. The lowest BCUT2D eigenvalue weighted by atomic mass is 10.0. The van der Waals surface area contributed by atoms with Gasteiger partial charge in [-0.2, -0.15) is 5.06 Å². The molecule has 1 fully saturated rings. The van der Waals surface area contributed by atoms with Crippen LogP contribution in [0.15, 0.2) is 30.3 Å². The minimum Gasteiger partial charge on any atom is -0.467 e. The topological polar surface area (TPSA) is 38.8 Å². The molecule has 0 aromatic heterocycles. The van der Waals surface area contributed by atoms with E-state index in [4.69, 9.17) is 9.57 Å². The fourth-order valence-electron chi connectivity index (χ4n) is 1.97. The number of esters is 1. The van der Waals surface area contributed by atoms with Crippen molar-refractivity contribution >= 4 is 5.97 Å². The van der Waals surface area contributed by atoms with Gasteiger partial charge in [-0.25, -0.2) is 4.79 Å². The van der Waals surface area contributed by atoms with E-state index in [0.29, 0.717) is 13.0 Å². The molecule has 0 bridgehead atoms. The van der Waals surface area contributed by atoms with E-state index in [-0.39, 0.29) is 5.97 Å². The lowest BCUT2D eigenvalue weighted by Crippen LogP contribution is -2.37. The predicted molar refractivity (Wildman–Crippen MR) is 63.0 cm³/mol. The first-order valence-electron chi connectivity index (χ1n) is 5.70. The molecule has 1 unspecified atom stereocenters. The van der Waals surface area contributed by atoms with Crippen LogP contribution in [0.5, 0.6) is 0 Å². The second-order valence-corrected chi connectivity index (χ2v) is 4.41. The molecule has 1 atom stereocenters. The number of methoxy groups -OCH3 is 1. The number of hydroxylamine groups is 2. The smallest absolute Gasteiger partial charge is 0.340 e. The van der Waals surface area contributed by atoms with Gasteiger partial charge in [0.1, 0.15) is 0 Å². The summed E-state index contributed by atoms with van der Waals surface area (Å²) in [6, 6.07) is 10.0. The van der Waals surface area contributed by atoms with Gasteiger partial charge in [0.05, 0.1) is 7.11 Å². The summed E-state index contributed by atoms with van der Waals surface area (Å²) in [7, 11) is 1.39. The van der Waals surface area contributed by atoms with Crippen molar-refractivity contribution in [3.8, 4) is 0 Å². The van der Waals surface area contributed by atoms with Crippen molar-refractivity contribution in [2.45, 2.75) is 25.5 Å². The van der Waals surface area contributed by atoms with Crippen LogP contribution in [0.1, 0.15) is 18.9 Å². The van der Waals surface area contributed by atoms with Crippen LogP contribution in [0.25, 0.3) is 0 Å². The standard InChI is InChI=1S/C13H17NO3/c1-13(12(15)16-2)8-9-14(17-13)10-11-6-4-3-5-7-11/h3-7H,8-10H2,1-2H3. The quantitative estimate of drug-likeness (QED) is 0.748. The normalized spacial score (nSPS) is 24.8. The molecule has 1 aliphatic heterocycles. The Morgan fingerprint density at radius 3 is 2.82 bits per heavy atom. The minimum absolute atomic E-state index is 0.312. The molecule has 1 aliphatic rings. The van der Waals surface area contributed by atoms with E-state index in [1.54, 1.807) is 6.92 Å². The van der Waals surface area contributed by atoms with Gasteiger partial charge in [0.2, 0.25) is 0 Å². The average Bonchev–Trinajstić information content (AvgIpc) is 2.72. The summed E-state index contributed by atoms with van der Waals surface area (Å²) in [5.74, 6) is -0.312. The minimum atomic E-state index is -0.830. The number of benzene rings is 1. The molecule has 0 spiro atoms. The largest absolute Gasteiger partial charge is 0.467 e. The maximum atomic E-state index is 11.6. The van der Waals surface area contributed by atoms with E-state index in [1.807, 2.05) is 35.4 Å². The third kappa shape index (κ3) is 2.65. The van der Waals surface area contributed by atoms with Crippen molar-refractivity contribution in [1.82, 2.24) is 5.06 Å². The molecule has 0 aliphatic carbocycles. The van der Waals surface area contributed by atoms with Crippen LogP contribution >= 0.6 is 0 Å². The fraction of sp³-hybridized carbons (Fsp3) is 0.462. The highest BCUT2D eigenvalue weighted by Gasteiger charge is 2.43. The van der Waals surface area contributed by atoms with Gasteiger partial charge in [-0.15, -0.1) is 0 Å². The molecule has 1 aromatic carbocycles. The highest BCUT2D eigenvalue weighted by molar-refractivity contribution is 5.79. The van der Waals surface area contributed by atoms with Crippen molar-refractivity contribution in [1.29, 1.82) is 0 Å². The highest BCUT2D eigenvalue weighted by atomic mass is 16.7. The third-order valence-electron chi connectivity index (χ3n) is 2.99. The SMILES string of the molecule is COC(=O)C1(C)CCN(Cc2ccccc2)O1. The molecule has 4 heteroatoms. The van der Waals surface area contributed by atoms with Crippen LogP contribution in [-0.4, -0.2) is 30.3 Å². The van der Waals surface area contributed by atoms with Crippen LogP contribution in [-0.2, 0) is 20.9 Å². The summed E-state index contributed by atoms with van der Waals surface area (Å²) >= 11 is 0. The van der Waals surface area contributed by atoms with Crippen molar-refractivity contribution in [3.05, 3.63) is 35.9 Å². The molecule has 1 heterocycles. The molecular weight excluding hydrogens is 218 g/mol. The predicted octanol–water partition coefficient (Wildman–Crippen LogP) is 1.76. The average molecular weight is 235 g/mol. The second kappa shape index (κ2) is 4.85. The van der Waals surface area contributed by atoms with Gasteiger partial charge in [0.25, 0.3) is 0 Å². The van der Waals surface area contributed by atoms with Gasteiger partial charge in [0, 0.05) is 19.5 Å². The molecular formula is C13H17NO3. The molecule has 2 rings (SSSR count). The number of hydrogen-bond donors (Lipinski definition) is 0. The van der Waals surface area contributed by atoms with E-state index in [1.165, 1.54) is 12.7 Å². The molecule has 92 valence electrons. The van der Waals surface area contributed by atoms with Crippen LogP contribution in [0.2, 0.25) is 0 Å². The summed E-state index contributed by atoms with van der Waals surface area (Å²) in [6.45, 7) is 3.19. The number of nitrogens with zero attached hydrogens (tertiary/aromatic N) is 1. The third-order valence-corrected chi connectivity index (χ3v) is 2.99. The molecule has 4 nitrogen and oxygen atoms in total. The number of ether oxygens (including phenoxy) is 1. The second-order valence-electron chi connectivity index (χ2n) is 4.41. The van der Waals surface area contributed by atoms with Crippen LogP contribution in [0.3, 0.4) is 0 Å². The summed E-state index contributed by atoms with van der Waals surface area (Å²) in [6.07, 6.45) is 0.659. The first-order chi connectivity index (χ1) is 8.14. The van der Waals surface area contributed by atoms with Crippen LogP contribution < -0.4 is 0 Å². The van der Waals surface area contributed by atoms with Gasteiger partial charge in [0.15, 0.2) is 5.60 Å². The molecule has 0 saturated carbocycles. The summed E-state index contributed by atoms with van der Waals surface area (Å²) in [5, 5.41) is 1.81. The van der Waals surface area contributed by atoms with Crippen molar-refractivity contribution < 1.29 is 14.4 Å². The first kappa shape index (κ1) is 12.1. The van der Waals surface area contributed by atoms with Crippen molar-refractivity contribution in [2.24, 2.45) is 0 Å². The fourth-order valence-corrected chi connectivity index (χ4v) is 1.97. The summed E-state index contributed by atoms with van der Waals surface area (Å²) in [4.78, 5) is 17.2. The summed E-state index contributed by atoms with van der Waals surface area (Å²) in [5.41, 5.74) is 0.338. The molecule has 1 saturated heterocycles. The van der Waals surface area contributed by atoms with E-state index < -0.39 is 5.60 Å². The van der Waals surface area contributed by atoms with Crippen LogP contribution in [0.4, 0.5) is 0 Å². The van der Waals surface area contributed by atoms with Gasteiger partial charge >= 0.3 is 5.97 Å². The van der Waals surface area contributed by atoms with Gasteiger partial charge in [-0.1, -0.05) is 30.3 Å². The van der Waals surface area contributed by atoms with E-state index in [2.05, 4.69) is 0 Å². The monoisotopic (exact) mass is 235 g/mol. The zero-order valence-corrected chi connectivity index (χ0v) is 10.2. The van der Waals surface area contributed by atoms with E-state index in [0.717, 1.165) is 6.54 Å². The number of carbonyl (C=O) groups excluding carboxylic acids is 1. The zero-order valence-electron chi connectivity index (χ0n) is 10.2.